The molecule has 2 aliphatic heterocycles. The second-order valence-electron chi connectivity index (χ2n) is 10.9. The van der Waals surface area contributed by atoms with Crippen molar-refractivity contribution in [3.05, 3.63) is 120 Å². The summed E-state index contributed by atoms with van der Waals surface area (Å²) in [5.41, 5.74) is 1.29. The highest BCUT2D eigenvalue weighted by atomic mass is 16.7. The lowest BCUT2D eigenvalue weighted by molar-refractivity contribution is -0.0448. The topological polar surface area (TPSA) is 170 Å². The zero-order valence-electron chi connectivity index (χ0n) is 25.2. The summed E-state index contributed by atoms with van der Waals surface area (Å²) >= 11 is 0. The summed E-state index contributed by atoms with van der Waals surface area (Å²) in [5.74, 6) is 3.96. The van der Waals surface area contributed by atoms with Gasteiger partial charge in [0.05, 0.1) is 34.2 Å². The molecule has 6 rings (SSSR count). The number of carbonyl (C=O) groups excluding carboxylic acids is 3. The number of fused-ring (bicyclic) bond motifs is 1. The summed E-state index contributed by atoms with van der Waals surface area (Å²) in [6, 6.07) is 27.3. The number of nitrogens with two attached hydrogens (primary N) is 1. The normalized spacial score (nSPS) is 21.3. The molecule has 3 heterocycles. The molecule has 47 heavy (non-hydrogen) atoms. The Hall–Kier alpha value is -5.84. The molecule has 1 fully saturated rings. The van der Waals surface area contributed by atoms with Gasteiger partial charge in [-0.25, -0.2) is 30.2 Å². The molecule has 3 aromatic carbocycles. The highest BCUT2D eigenvalue weighted by Gasteiger charge is 2.55. The average molecular weight is 635 g/mol. The number of ether oxygens (including phenoxy) is 4. The highest BCUT2D eigenvalue weighted by Crippen LogP contribution is 2.43. The largest absolute Gasteiger partial charge is 0.459 e. The van der Waals surface area contributed by atoms with E-state index in [0.717, 1.165) is 0 Å². The Balaban J connectivity index is 1.39. The number of hydrogen-bond donors (Lipinski definition) is 1. The van der Waals surface area contributed by atoms with Crippen molar-refractivity contribution in [2.24, 2.45) is 5.84 Å². The number of nitriles is 1. The van der Waals surface area contributed by atoms with Crippen molar-refractivity contribution in [2.45, 2.75) is 30.5 Å². The van der Waals surface area contributed by atoms with E-state index in [1.165, 1.54) is 11.3 Å². The van der Waals surface area contributed by atoms with E-state index in [1.54, 1.807) is 103 Å². The number of anilines is 2. The maximum absolute atomic E-state index is 13.5. The molecule has 5 atom stereocenters. The number of hydrazine groups is 1. The Bertz CT molecular complexity index is 1790. The lowest BCUT2D eigenvalue weighted by atomic mass is 10.1. The molecule has 238 valence electrons. The molecule has 0 bridgehead atoms. The summed E-state index contributed by atoms with van der Waals surface area (Å²) in [6.45, 7) is -0.273. The van der Waals surface area contributed by atoms with E-state index >= 15 is 0 Å². The van der Waals surface area contributed by atoms with Crippen molar-refractivity contribution in [2.75, 3.05) is 30.1 Å². The molecule has 13 heteroatoms. The molecule has 0 amide bonds. The molecule has 3 unspecified atom stereocenters. The van der Waals surface area contributed by atoms with Crippen LogP contribution in [0.4, 0.5) is 11.6 Å². The van der Waals surface area contributed by atoms with Crippen LogP contribution in [0.2, 0.25) is 0 Å². The third-order valence-electron chi connectivity index (χ3n) is 7.82. The Kier molecular flexibility index (Phi) is 9.05. The number of rotatable bonds is 9. The van der Waals surface area contributed by atoms with E-state index in [9.17, 15) is 19.6 Å². The fraction of sp³-hybridized carbons (Fsp3) is 0.235. The van der Waals surface area contributed by atoms with Gasteiger partial charge in [0.1, 0.15) is 24.9 Å². The van der Waals surface area contributed by atoms with Crippen LogP contribution in [-0.2, 0) is 18.9 Å². The van der Waals surface area contributed by atoms with Crippen molar-refractivity contribution in [1.29, 1.82) is 5.26 Å². The number of nitrogens with zero attached hydrogens (tertiary/aromatic N) is 5. The van der Waals surface area contributed by atoms with Crippen molar-refractivity contribution < 1.29 is 33.3 Å². The monoisotopic (exact) mass is 634 g/mol. The zero-order valence-corrected chi connectivity index (χ0v) is 25.2. The van der Waals surface area contributed by atoms with Crippen LogP contribution in [0.3, 0.4) is 0 Å². The standard InChI is InChI=1S/C34H30N6O7/c1-39(36)29-26-24(17-35)18-40(30(26)38-20-37-29)31-28(47-34(43)23-15-9-4-10-16-23)27(46-33(42)22-13-7-3-8-14-22)25(45-31)19-44-32(41)21-11-5-2-6-12-21/h2-16,20,24-25,27-28,31H,18-19,36H2,1H3/t24?,25-,27?,28?,31-/m1/s1. The molecule has 1 saturated heterocycles. The molecule has 0 aliphatic carbocycles. The first-order valence-corrected chi connectivity index (χ1v) is 14.7. The van der Waals surface area contributed by atoms with E-state index in [2.05, 4.69) is 16.0 Å². The van der Waals surface area contributed by atoms with Crippen LogP contribution < -0.4 is 15.8 Å². The second-order valence-corrected chi connectivity index (χ2v) is 10.9. The fourth-order valence-electron chi connectivity index (χ4n) is 5.61. The molecule has 0 spiro atoms. The van der Waals surface area contributed by atoms with Crippen LogP contribution in [0.25, 0.3) is 0 Å². The first kappa shape index (κ1) is 31.2. The van der Waals surface area contributed by atoms with Gasteiger partial charge in [-0.3, -0.25) is 5.01 Å². The van der Waals surface area contributed by atoms with E-state index < -0.39 is 48.4 Å². The van der Waals surface area contributed by atoms with Gasteiger partial charge in [-0.15, -0.1) is 0 Å². The molecule has 4 aromatic rings. The van der Waals surface area contributed by atoms with E-state index in [1.807, 2.05) is 0 Å². The summed E-state index contributed by atoms with van der Waals surface area (Å²) in [6.07, 6.45) is -3.41. The SMILES string of the molecule is CN(N)c1ncnc2c1C(C#N)CN2[C@@H]1O[C@H](COC(=O)c2ccccc2)C(OC(=O)c2ccccc2)C1OC(=O)c1ccccc1. The number of hydrogen-bond acceptors (Lipinski definition) is 13. The summed E-state index contributed by atoms with van der Waals surface area (Å²) in [7, 11) is 1.59. The van der Waals surface area contributed by atoms with Gasteiger partial charge in [0.2, 0.25) is 0 Å². The van der Waals surface area contributed by atoms with Crippen LogP contribution in [0.5, 0.6) is 0 Å². The lowest BCUT2D eigenvalue weighted by Crippen LogP contribution is -2.48. The van der Waals surface area contributed by atoms with Gasteiger partial charge in [-0.1, -0.05) is 54.6 Å². The van der Waals surface area contributed by atoms with Gasteiger partial charge in [0, 0.05) is 13.6 Å². The fourth-order valence-corrected chi connectivity index (χ4v) is 5.61. The minimum Gasteiger partial charge on any atom is -0.459 e. The van der Waals surface area contributed by atoms with Crippen LogP contribution in [0.15, 0.2) is 97.3 Å². The molecule has 13 nitrogen and oxygen atoms in total. The lowest BCUT2D eigenvalue weighted by Gasteiger charge is -2.30. The van der Waals surface area contributed by atoms with Crippen LogP contribution in [-0.4, -0.2) is 72.6 Å². The molecular weight excluding hydrogens is 604 g/mol. The summed E-state index contributed by atoms with van der Waals surface area (Å²) in [5, 5.41) is 11.4. The molecule has 2 aliphatic rings. The minimum absolute atomic E-state index is 0.0747. The van der Waals surface area contributed by atoms with Gasteiger partial charge >= 0.3 is 17.9 Å². The predicted octanol–water partition coefficient (Wildman–Crippen LogP) is 3.25. The number of esters is 3. The average Bonchev–Trinajstić information content (AvgIpc) is 3.65. The zero-order chi connectivity index (χ0) is 32.9. The van der Waals surface area contributed by atoms with E-state index in [-0.39, 0.29) is 24.3 Å². The van der Waals surface area contributed by atoms with E-state index in [4.69, 9.17) is 24.8 Å². The Morgan fingerprint density at radius 2 is 1.40 bits per heavy atom. The number of aromatic nitrogens is 2. The Labute approximate surface area is 270 Å². The number of benzene rings is 3. The van der Waals surface area contributed by atoms with Gasteiger partial charge in [0.15, 0.2) is 24.3 Å². The molecule has 1 aromatic heterocycles. The second kappa shape index (κ2) is 13.7. The van der Waals surface area contributed by atoms with Gasteiger partial charge < -0.3 is 23.8 Å². The van der Waals surface area contributed by atoms with Crippen molar-refractivity contribution in [1.82, 2.24) is 9.97 Å². The number of carbonyl (C=O) groups is 3. The summed E-state index contributed by atoms with van der Waals surface area (Å²) < 4.78 is 24.2. The quantitative estimate of drug-likeness (QED) is 0.123. The van der Waals surface area contributed by atoms with E-state index in [0.29, 0.717) is 22.8 Å². The summed E-state index contributed by atoms with van der Waals surface area (Å²) in [4.78, 5) is 50.2. The molecule has 0 radical (unpaired) electrons. The molecular formula is C34H30N6O7. The van der Waals surface area contributed by atoms with Crippen LogP contribution in [0, 0.1) is 11.3 Å². The first-order valence-electron chi connectivity index (χ1n) is 14.7. The third kappa shape index (κ3) is 6.46. The van der Waals surface area contributed by atoms with Crippen molar-refractivity contribution >= 4 is 29.5 Å². The van der Waals surface area contributed by atoms with Crippen molar-refractivity contribution in [3.63, 3.8) is 0 Å². The van der Waals surface area contributed by atoms with Gasteiger partial charge in [-0.2, -0.15) is 5.26 Å². The van der Waals surface area contributed by atoms with Gasteiger partial charge in [0.25, 0.3) is 0 Å². The predicted molar refractivity (Wildman–Crippen MR) is 167 cm³/mol. The maximum atomic E-state index is 13.5. The van der Waals surface area contributed by atoms with Crippen LogP contribution in [0.1, 0.15) is 42.6 Å². The first-order chi connectivity index (χ1) is 22.9. The molecule has 2 N–H and O–H groups in total. The third-order valence-corrected chi connectivity index (χ3v) is 7.82. The smallest absolute Gasteiger partial charge is 0.338 e. The Morgan fingerprint density at radius 3 is 1.94 bits per heavy atom. The van der Waals surface area contributed by atoms with Gasteiger partial charge in [-0.05, 0) is 36.4 Å². The minimum atomic E-state index is -1.25. The highest BCUT2D eigenvalue weighted by molar-refractivity contribution is 5.91. The maximum Gasteiger partial charge on any atom is 0.338 e. The van der Waals surface area contributed by atoms with Crippen LogP contribution >= 0.6 is 0 Å². The van der Waals surface area contributed by atoms with Crippen molar-refractivity contribution in [3.8, 4) is 6.07 Å². The Morgan fingerprint density at radius 1 is 0.872 bits per heavy atom. The molecule has 0 saturated carbocycles.